The lowest BCUT2D eigenvalue weighted by Crippen LogP contribution is -2.36. The third-order valence-corrected chi connectivity index (χ3v) is 6.67. The molecule has 3 rings (SSSR count). The predicted molar refractivity (Wildman–Crippen MR) is 112 cm³/mol. The fourth-order valence-corrected chi connectivity index (χ4v) is 4.17. The number of carbonyl (C=O) groups excluding carboxylic acids is 2. The second-order valence-corrected chi connectivity index (χ2v) is 9.72. The van der Waals surface area contributed by atoms with Gasteiger partial charge in [-0.2, -0.15) is 0 Å². The molecule has 7 heteroatoms. The third-order valence-electron chi connectivity index (χ3n) is 5.54. The molecule has 2 atom stereocenters. The summed E-state index contributed by atoms with van der Waals surface area (Å²) in [7, 11) is -1.54. The Kier molecular flexibility index (Phi) is 5.80. The van der Waals surface area contributed by atoms with E-state index in [9.17, 15) is 18.0 Å². The zero-order valence-electron chi connectivity index (χ0n) is 17.1. The first-order valence-electron chi connectivity index (χ1n) is 9.51. The van der Waals surface area contributed by atoms with Crippen LogP contribution in [0.5, 0.6) is 0 Å². The van der Waals surface area contributed by atoms with Gasteiger partial charge >= 0.3 is 0 Å². The van der Waals surface area contributed by atoms with Gasteiger partial charge in [0, 0.05) is 32.0 Å². The molecule has 154 valence electrons. The Labute approximate surface area is 172 Å². The van der Waals surface area contributed by atoms with Crippen LogP contribution in [0.15, 0.2) is 53.4 Å². The van der Waals surface area contributed by atoms with E-state index in [0.29, 0.717) is 6.54 Å². The first-order valence-corrected chi connectivity index (χ1v) is 11.4. The lowest BCUT2D eigenvalue weighted by Gasteiger charge is -2.28. The van der Waals surface area contributed by atoms with Gasteiger partial charge in [0.15, 0.2) is 9.84 Å². The first-order chi connectivity index (χ1) is 13.6. The monoisotopic (exact) mass is 414 g/mol. The molecule has 1 aliphatic heterocycles. The van der Waals surface area contributed by atoms with E-state index in [1.807, 2.05) is 38.1 Å². The maximum atomic E-state index is 13.0. The second kappa shape index (κ2) is 7.99. The van der Waals surface area contributed by atoms with Gasteiger partial charge in [-0.15, -0.1) is 0 Å². The van der Waals surface area contributed by atoms with Gasteiger partial charge in [-0.05, 0) is 43.7 Å². The minimum absolute atomic E-state index is 0.0502. The number of aryl methyl sites for hydroxylation is 1. The summed E-state index contributed by atoms with van der Waals surface area (Å²) < 4.78 is 23.3. The Balaban J connectivity index is 1.71. The number of benzene rings is 2. The molecule has 0 N–H and O–H groups in total. The molecule has 1 saturated heterocycles. The van der Waals surface area contributed by atoms with Crippen LogP contribution in [0.4, 0.5) is 5.69 Å². The molecule has 2 aromatic carbocycles. The number of nitrogens with zero attached hydrogens (tertiary/aromatic N) is 2. The van der Waals surface area contributed by atoms with Crippen molar-refractivity contribution in [2.45, 2.75) is 31.2 Å². The summed E-state index contributed by atoms with van der Waals surface area (Å²) in [6.07, 6.45) is 1.36. The van der Waals surface area contributed by atoms with Gasteiger partial charge in [0.2, 0.25) is 11.8 Å². The van der Waals surface area contributed by atoms with Crippen molar-refractivity contribution in [3.8, 4) is 0 Å². The Morgan fingerprint density at radius 1 is 1.10 bits per heavy atom. The van der Waals surface area contributed by atoms with Crippen molar-refractivity contribution < 1.29 is 18.0 Å². The van der Waals surface area contributed by atoms with Crippen molar-refractivity contribution >= 4 is 27.3 Å². The molecular weight excluding hydrogens is 388 g/mol. The number of anilines is 1. The van der Waals surface area contributed by atoms with Crippen LogP contribution in [0.25, 0.3) is 0 Å². The summed E-state index contributed by atoms with van der Waals surface area (Å²) in [4.78, 5) is 29.0. The highest BCUT2D eigenvalue weighted by molar-refractivity contribution is 7.90. The van der Waals surface area contributed by atoms with E-state index in [-0.39, 0.29) is 29.2 Å². The average molecular weight is 415 g/mol. The van der Waals surface area contributed by atoms with E-state index < -0.39 is 15.8 Å². The summed E-state index contributed by atoms with van der Waals surface area (Å²) in [6, 6.07) is 14.0. The Morgan fingerprint density at radius 3 is 2.24 bits per heavy atom. The smallest absolute Gasteiger partial charge is 0.228 e. The lowest BCUT2D eigenvalue weighted by atomic mass is 10.0. The molecule has 0 bridgehead atoms. The summed E-state index contributed by atoms with van der Waals surface area (Å²) in [5.74, 6) is -0.537. The van der Waals surface area contributed by atoms with Crippen LogP contribution in [-0.4, -0.2) is 45.0 Å². The zero-order valence-corrected chi connectivity index (χ0v) is 17.9. The van der Waals surface area contributed by atoms with Crippen LogP contribution in [0.3, 0.4) is 0 Å². The van der Waals surface area contributed by atoms with Crippen molar-refractivity contribution in [2.24, 2.45) is 5.92 Å². The van der Waals surface area contributed by atoms with Crippen molar-refractivity contribution in [2.75, 3.05) is 24.7 Å². The molecule has 1 aliphatic rings. The average Bonchev–Trinajstić information content (AvgIpc) is 3.08. The van der Waals surface area contributed by atoms with Crippen LogP contribution >= 0.6 is 0 Å². The number of hydrogen-bond acceptors (Lipinski definition) is 4. The van der Waals surface area contributed by atoms with Gasteiger partial charge in [-0.3, -0.25) is 9.59 Å². The summed E-state index contributed by atoms with van der Waals surface area (Å²) in [5, 5.41) is 0. The maximum Gasteiger partial charge on any atom is 0.228 e. The SMILES string of the molecule is Cc1ccc(N2C[C@@H](C(=O)N(C)[C@@H](C)c3ccc(S(C)(=O)=O)cc3)CC2=O)cc1. The molecule has 6 nitrogen and oxygen atoms in total. The van der Waals surface area contributed by atoms with Gasteiger partial charge in [-0.1, -0.05) is 29.8 Å². The highest BCUT2D eigenvalue weighted by Crippen LogP contribution is 2.29. The highest BCUT2D eigenvalue weighted by Gasteiger charge is 2.37. The normalized spacial score (nSPS) is 18.0. The molecule has 1 heterocycles. The fraction of sp³-hybridized carbons (Fsp3) is 0.364. The first kappa shape index (κ1) is 21.0. The molecule has 0 unspecified atom stereocenters. The van der Waals surface area contributed by atoms with E-state index >= 15 is 0 Å². The summed E-state index contributed by atoms with van der Waals surface area (Å²) >= 11 is 0. The van der Waals surface area contributed by atoms with Crippen LogP contribution in [0.1, 0.15) is 30.5 Å². The van der Waals surface area contributed by atoms with Gasteiger partial charge in [-0.25, -0.2) is 8.42 Å². The molecule has 29 heavy (non-hydrogen) atoms. The number of rotatable bonds is 5. The van der Waals surface area contributed by atoms with Crippen molar-refractivity contribution in [3.05, 3.63) is 59.7 Å². The topological polar surface area (TPSA) is 74.8 Å². The Morgan fingerprint density at radius 2 is 1.69 bits per heavy atom. The van der Waals surface area contributed by atoms with Gasteiger partial charge in [0.05, 0.1) is 16.9 Å². The number of hydrogen-bond donors (Lipinski definition) is 0. The number of sulfone groups is 1. The van der Waals surface area contributed by atoms with Gasteiger partial charge in [0.1, 0.15) is 0 Å². The number of carbonyl (C=O) groups is 2. The van der Waals surface area contributed by atoms with Gasteiger partial charge < -0.3 is 9.80 Å². The molecule has 1 fully saturated rings. The minimum Gasteiger partial charge on any atom is -0.339 e. The molecule has 2 amide bonds. The van der Waals surface area contributed by atoms with Crippen LogP contribution < -0.4 is 4.90 Å². The second-order valence-electron chi connectivity index (χ2n) is 7.71. The largest absolute Gasteiger partial charge is 0.339 e. The molecule has 0 aliphatic carbocycles. The third kappa shape index (κ3) is 4.50. The van der Waals surface area contributed by atoms with E-state index in [1.165, 1.54) is 0 Å². The van der Waals surface area contributed by atoms with Crippen LogP contribution in [0, 0.1) is 12.8 Å². The highest BCUT2D eigenvalue weighted by atomic mass is 32.2. The Hall–Kier alpha value is -2.67. The minimum atomic E-state index is -3.26. The zero-order chi connectivity index (χ0) is 21.3. The molecule has 0 radical (unpaired) electrons. The standard InChI is InChI=1S/C22H26N2O4S/c1-15-5-9-19(10-6-15)24-14-18(13-21(24)25)22(26)23(3)16(2)17-7-11-20(12-8-17)29(4,27)28/h5-12,16,18H,13-14H2,1-4H3/t16-,18-/m0/s1. The molecule has 2 aromatic rings. The summed E-state index contributed by atoms with van der Waals surface area (Å²) in [5.41, 5.74) is 2.76. The lowest BCUT2D eigenvalue weighted by molar-refractivity contribution is -0.136. The molecule has 0 aromatic heterocycles. The van der Waals surface area contributed by atoms with Crippen molar-refractivity contribution in [3.63, 3.8) is 0 Å². The number of amides is 2. The summed E-state index contributed by atoms with van der Waals surface area (Å²) in [6.45, 7) is 4.24. The molecule has 0 saturated carbocycles. The van der Waals surface area contributed by atoms with E-state index in [2.05, 4.69) is 0 Å². The van der Waals surface area contributed by atoms with Gasteiger partial charge in [0.25, 0.3) is 0 Å². The molecular formula is C22H26N2O4S. The predicted octanol–water partition coefficient (Wildman–Crippen LogP) is 2.97. The Bertz CT molecular complexity index is 1010. The van der Waals surface area contributed by atoms with Crippen molar-refractivity contribution in [1.29, 1.82) is 0 Å². The van der Waals surface area contributed by atoms with E-state index in [4.69, 9.17) is 0 Å². The molecule has 0 spiro atoms. The van der Waals surface area contributed by atoms with E-state index in [1.54, 1.807) is 41.1 Å². The fourth-order valence-electron chi connectivity index (χ4n) is 3.54. The van der Waals surface area contributed by atoms with Crippen molar-refractivity contribution in [1.82, 2.24) is 4.90 Å². The maximum absolute atomic E-state index is 13.0. The van der Waals surface area contributed by atoms with Crippen LogP contribution in [0.2, 0.25) is 0 Å². The van der Waals surface area contributed by atoms with E-state index in [0.717, 1.165) is 23.1 Å². The quantitative estimate of drug-likeness (QED) is 0.754. The van der Waals surface area contributed by atoms with Crippen LogP contribution in [-0.2, 0) is 19.4 Å².